The van der Waals surface area contributed by atoms with Crippen molar-refractivity contribution in [1.82, 2.24) is 5.32 Å². The van der Waals surface area contributed by atoms with Crippen molar-refractivity contribution in [2.24, 2.45) is 0 Å². The molecule has 0 bridgehead atoms. The van der Waals surface area contributed by atoms with E-state index in [2.05, 4.69) is 5.32 Å². The number of ether oxygens (including phenoxy) is 1. The summed E-state index contributed by atoms with van der Waals surface area (Å²) in [5.41, 5.74) is 1.36. The molecule has 2 aromatic carbocycles. The molecule has 0 aliphatic carbocycles. The second kappa shape index (κ2) is 10.4. The van der Waals surface area contributed by atoms with Gasteiger partial charge in [-0.2, -0.15) is 0 Å². The van der Waals surface area contributed by atoms with Crippen LogP contribution in [0.5, 0.6) is 0 Å². The number of hydrogen-bond acceptors (Lipinski definition) is 6. The first kappa shape index (κ1) is 22.9. The molecule has 0 saturated heterocycles. The van der Waals surface area contributed by atoms with Gasteiger partial charge < -0.3 is 15.0 Å². The summed E-state index contributed by atoms with van der Waals surface area (Å²) in [6, 6.07) is 13.9. The average molecular weight is 413 g/mol. The van der Waals surface area contributed by atoms with Gasteiger partial charge in [-0.3, -0.25) is 14.9 Å². The zero-order valence-electron chi connectivity index (χ0n) is 17.6. The lowest BCUT2D eigenvalue weighted by Crippen LogP contribution is -2.41. The van der Waals surface area contributed by atoms with Crippen molar-refractivity contribution in [3.8, 4) is 0 Å². The maximum Gasteiger partial charge on any atom is 0.339 e. The molecule has 0 heterocycles. The molecule has 8 heteroatoms. The van der Waals surface area contributed by atoms with Gasteiger partial charge in [-0.1, -0.05) is 30.3 Å². The van der Waals surface area contributed by atoms with E-state index in [-0.39, 0.29) is 17.3 Å². The molecular weight excluding hydrogens is 386 g/mol. The van der Waals surface area contributed by atoms with Gasteiger partial charge in [0.05, 0.1) is 10.5 Å². The van der Waals surface area contributed by atoms with Crippen LogP contribution in [0.25, 0.3) is 0 Å². The first-order chi connectivity index (χ1) is 14.2. The van der Waals surface area contributed by atoms with Crippen molar-refractivity contribution in [3.05, 3.63) is 69.8 Å². The molecule has 1 amide bonds. The molecule has 0 radical (unpaired) electrons. The van der Waals surface area contributed by atoms with E-state index in [4.69, 9.17) is 4.74 Å². The van der Waals surface area contributed by atoms with Crippen LogP contribution < -0.4 is 10.2 Å². The Morgan fingerprint density at radius 1 is 1.13 bits per heavy atom. The number of amides is 1. The number of hydrogen-bond donors (Lipinski definition) is 1. The fraction of sp³-hybridized carbons (Fsp3) is 0.364. The maximum absolute atomic E-state index is 12.4. The van der Waals surface area contributed by atoms with E-state index in [1.165, 1.54) is 24.6 Å². The van der Waals surface area contributed by atoms with Crippen LogP contribution in [-0.2, 0) is 16.0 Å². The number of esters is 1. The number of nitrogens with one attached hydrogen (secondary N) is 1. The molecule has 0 aromatic heterocycles. The first-order valence-corrected chi connectivity index (χ1v) is 9.70. The molecule has 8 nitrogen and oxygen atoms in total. The van der Waals surface area contributed by atoms with Gasteiger partial charge in [0.25, 0.3) is 11.6 Å². The summed E-state index contributed by atoms with van der Waals surface area (Å²) in [6.45, 7) is 3.36. The molecule has 160 valence electrons. The molecule has 1 N–H and O–H groups in total. The number of anilines is 1. The minimum absolute atomic E-state index is 0.0177. The Morgan fingerprint density at radius 2 is 1.80 bits per heavy atom. The molecule has 0 aliphatic rings. The molecule has 2 rings (SSSR count). The predicted octanol–water partition coefficient (Wildman–Crippen LogP) is 3.34. The third-order valence-corrected chi connectivity index (χ3v) is 4.64. The molecular formula is C22H27N3O5. The SMILES string of the molecule is C[C@H](CCc1ccccc1)NC(=O)[C@@H](C)OC(=O)c1ccc(N(C)C)c([N+](=O)[O-])c1. The summed E-state index contributed by atoms with van der Waals surface area (Å²) in [5, 5.41) is 14.1. The van der Waals surface area contributed by atoms with Gasteiger partial charge >= 0.3 is 5.97 Å². The van der Waals surface area contributed by atoms with Crippen LogP contribution in [0.15, 0.2) is 48.5 Å². The number of nitro benzene ring substituents is 1. The normalized spacial score (nSPS) is 12.5. The van der Waals surface area contributed by atoms with Crippen LogP contribution in [-0.4, -0.2) is 43.0 Å². The third kappa shape index (κ3) is 6.30. The van der Waals surface area contributed by atoms with Crippen LogP contribution in [0.1, 0.15) is 36.2 Å². The minimum atomic E-state index is -1.02. The van der Waals surface area contributed by atoms with E-state index >= 15 is 0 Å². The summed E-state index contributed by atoms with van der Waals surface area (Å²) in [7, 11) is 3.34. The Balaban J connectivity index is 1.93. The topological polar surface area (TPSA) is 102 Å². The quantitative estimate of drug-likeness (QED) is 0.384. The summed E-state index contributed by atoms with van der Waals surface area (Å²) < 4.78 is 5.21. The van der Waals surface area contributed by atoms with Crippen molar-refractivity contribution in [3.63, 3.8) is 0 Å². The Bertz CT molecular complexity index is 899. The van der Waals surface area contributed by atoms with Crippen molar-refractivity contribution in [1.29, 1.82) is 0 Å². The number of carbonyl (C=O) groups is 2. The lowest BCUT2D eigenvalue weighted by Gasteiger charge is -2.18. The van der Waals surface area contributed by atoms with E-state index in [0.29, 0.717) is 5.69 Å². The monoisotopic (exact) mass is 413 g/mol. The molecule has 0 fully saturated rings. The summed E-state index contributed by atoms with van der Waals surface area (Å²) >= 11 is 0. The van der Waals surface area contributed by atoms with E-state index in [1.807, 2.05) is 37.3 Å². The van der Waals surface area contributed by atoms with Crippen molar-refractivity contribution < 1.29 is 19.2 Å². The Labute approximate surface area is 176 Å². The van der Waals surface area contributed by atoms with Gasteiger partial charge in [-0.25, -0.2) is 4.79 Å². The molecule has 30 heavy (non-hydrogen) atoms. The lowest BCUT2D eigenvalue weighted by molar-refractivity contribution is -0.384. The number of aryl methyl sites for hydroxylation is 1. The largest absolute Gasteiger partial charge is 0.449 e. The maximum atomic E-state index is 12.4. The van der Waals surface area contributed by atoms with E-state index in [9.17, 15) is 19.7 Å². The fourth-order valence-corrected chi connectivity index (χ4v) is 2.92. The highest BCUT2D eigenvalue weighted by Gasteiger charge is 2.23. The van der Waals surface area contributed by atoms with Crippen LogP contribution in [0.4, 0.5) is 11.4 Å². The molecule has 0 spiro atoms. The smallest absolute Gasteiger partial charge is 0.339 e. The van der Waals surface area contributed by atoms with E-state index in [0.717, 1.165) is 18.9 Å². The molecule has 2 aromatic rings. The summed E-state index contributed by atoms with van der Waals surface area (Å²) in [5.74, 6) is -1.20. The Hall–Kier alpha value is -3.42. The Morgan fingerprint density at radius 3 is 2.40 bits per heavy atom. The third-order valence-electron chi connectivity index (χ3n) is 4.64. The van der Waals surface area contributed by atoms with Crippen LogP contribution in [0, 0.1) is 10.1 Å². The first-order valence-electron chi connectivity index (χ1n) is 9.70. The zero-order valence-corrected chi connectivity index (χ0v) is 17.6. The average Bonchev–Trinajstić information content (AvgIpc) is 2.72. The number of nitro groups is 1. The van der Waals surface area contributed by atoms with Gasteiger partial charge in [0.15, 0.2) is 6.10 Å². The standard InChI is InChI=1S/C22H27N3O5/c1-15(10-11-17-8-6-5-7-9-17)23-21(26)16(2)30-22(27)18-12-13-19(24(3)4)20(14-18)25(28)29/h5-9,12-16H,10-11H2,1-4H3,(H,23,26)/t15-,16-/m1/s1. The molecule has 0 saturated carbocycles. The lowest BCUT2D eigenvalue weighted by atomic mass is 10.1. The second-order valence-corrected chi connectivity index (χ2v) is 7.34. The number of rotatable bonds is 9. The fourth-order valence-electron chi connectivity index (χ4n) is 2.92. The van der Waals surface area contributed by atoms with Crippen molar-refractivity contribution in [2.45, 2.75) is 38.8 Å². The van der Waals surface area contributed by atoms with E-state index < -0.39 is 22.9 Å². The number of carbonyl (C=O) groups excluding carboxylic acids is 2. The van der Waals surface area contributed by atoms with E-state index in [1.54, 1.807) is 19.0 Å². The van der Waals surface area contributed by atoms with Crippen LogP contribution >= 0.6 is 0 Å². The van der Waals surface area contributed by atoms with Crippen molar-refractivity contribution >= 4 is 23.3 Å². The van der Waals surface area contributed by atoms with Gasteiger partial charge in [0.1, 0.15) is 5.69 Å². The molecule has 0 unspecified atom stereocenters. The van der Waals surface area contributed by atoms with Gasteiger partial charge in [-0.15, -0.1) is 0 Å². The second-order valence-electron chi connectivity index (χ2n) is 7.34. The minimum Gasteiger partial charge on any atom is -0.449 e. The summed E-state index contributed by atoms with van der Waals surface area (Å²) in [4.78, 5) is 37.0. The molecule has 0 aliphatic heterocycles. The summed E-state index contributed by atoms with van der Waals surface area (Å²) in [6.07, 6.45) is 0.539. The number of nitrogens with zero attached hydrogens (tertiary/aromatic N) is 2. The zero-order chi connectivity index (χ0) is 22.3. The highest BCUT2D eigenvalue weighted by Crippen LogP contribution is 2.28. The van der Waals surface area contributed by atoms with Gasteiger partial charge in [-0.05, 0) is 44.4 Å². The highest BCUT2D eigenvalue weighted by molar-refractivity contribution is 5.93. The highest BCUT2D eigenvalue weighted by atomic mass is 16.6. The molecule has 2 atom stereocenters. The van der Waals surface area contributed by atoms with Crippen molar-refractivity contribution in [2.75, 3.05) is 19.0 Å². The Kier molecular flexibility index (Phi) is 7.91. The predicted molar refractivity (Wildman–Crippen MR) is 115 cm³/mol. The van der Waals surface area contributed by atoms with Crippen LogP contribution in [0.3, 0.4) is 0 Å². The van der Waals surface area contributed by atoms with Gasteiger partial charge in [0, 0.05) is 26.2 Å². The van der Waals surface area contributed by atoms with Gasteiger partial charge in [0.2, 0.25) is 0 Å². The number of benzene rings is 2. The van der Waals surface area contributed by atoms with Crippen LogP contribution in [0.2, 0.25) is 0 Å².